The predicted octanol–water partition coefficient (Wildman–Crippen LogP) is 2.36. The fraction of sp³-hybridized carbons (Fsp3) is 0.333. The summed E-state index contributed by atoms with van der Waals surface area (Å²) in [6, 6.07) is 8.94. The first-order valence-electron chi connectivity index (χ1n) is 10.6. The maximum atomic E-state index is 13.1. The number of hydrogen-bond acceptors (Lipinski definition) is 7. The summed E-state index contributed by atoms with van der Waals surface area (Å²) in [6.45, 7) is 6.69. The molecule has 1 aromatic carbocycles. The largest absolute Gasteiger partial charge is 0.486 e. The van der Waals surface area contributed by atoms with E-state index >= 15 is 0 Å². The SMILES string of the molecule is Cc1ccc(-c2cc(OC3CNCC3O)cc(C(=O)NC(C)c3cnc(C)nc3)c2)nc1. The predicted molar refractivity (Wildman–Crippen MR) is 120 cm³/mol. The average Bonchev–Trinajstić information content (AvgIpc) is 3.18. The Morgan fingerprint density at radius 3 is 2.56 bits per heavy atom. The van der Waals surface area contributed by atoms with Crippen LogP contribution in [0.25, 0.3) is 11.3 Å². The minimum Gasteiger partial charge on any atom is -0.486 e. The van der Waals surface area contributed by atoms with Gasteiger partial charge in [-0.05, 0) is 50.6 Å². The number of hydrogen-bond donors (Lipinski definition) is 3. The Balaban J connectivity index is 1.62. The summed E-state index contributed by atoms with van der Waals surface area (Å²) in [5.41, 5.74) is 3.81. The molecule has 3 aromatic rings. The van der Waals surface area contributed by atoms with E-state index in [9.17, 15) is 9.90 Å². The highest BCUT2D eigenvalue weighted by atomic mass is 16.5. The van der Waals surface area contributed by atoms with E-state index in [1.54, 1.807) is 30.7 Å². The molecule has 0 aliphatic carbocycles. The summed E-state index contributed by atoms with van der Waals surface area (Å²) in [5.74, 6) is 0.937. The minimum absolute atomic E-state index is 0.248. The molecule has 4 rings (SSSR count). The minimum atomic E-state index is -0.602. The fourth-order valence-corrected chi connectivity index (χ4v) is 3.51. The maximum absolute atomic E-state index is 13.1. The van der Waals surface area contributed by atoms with Crippen molar-refractivity contribution in [1.29, 1.82) is 0 Å². The van der Waals surface area contributed by atoms with Crippen LogP contribution in [0.5, 0.6) is 5.75 Å². The molecule has 3 unspecified atom stereocenters. The van der Waals surface area contributed by atoms with Gasteiger partial charge >= 0.3 is 0 Å². The van der Waals surface area contributed by atoms with E-state index in [1.807, 2.05) is 39.0 Å². The van der Waals surface area contributed by atoms with Crippen LogP contribution in [0.15, 0.2) is 48.9 Å². The summed E-state index contributed by atoms with van der Waals surface area (Å²) in [6.07, 6.45) is 4.23. The molecule has 8 heteroatoms. The standard InChI is InChI=1S/C24H27N5O3/c1-14-4-5-21(28-9-14)17-6-18(8-20(7-17)32-23-13-25-12-22(23)30)24(31)29-15(2)19-10-26-16(3)27-11-19/h4-11,15,22-23,25,30H,12-13H2,1-3H3,(H,29,31). The van der Waals surface area contributed by atoms with Crippen LogP contribution in [-0.4, -0.2) is 51.3 Å². The number of nitrogens with zero attached hydrogens (tertiary/aromatic N) is 3. The quantitative estimate of drug-likeness (QED) is 0.547. The second kappa shape index (κ2) is 9.42. The van der Waals surface area contributed by atoms with E-state index in [2.05, 4.69) is 25.6 Å². The van der Waals surface area contributed by atoms with Gasteiger partial charge in [0, 0.05) is 48.4 Å². The average molecular weight is 434 g/mol. The van der Waals surface area contributed by atoms with Crippen LogP contribution in [0.2, 0.25) is 0 Å². The van der Waals surface area contributed by atoms with E-state index in [0.717, 1.165) is 22.4 Å². The number of carbonyl (C=O) groups is 1. The molecule has 0 saturated carbocycles. The molecule has 3 atom stereocenters. The van der Waals surface area contributed by atoms with E-state index in [-0.39, 0.29) is 18.1 Å². The molecule has 1 amide bonds. The number of amides is 1. The highest BCUT2D eigenvalue weighted by Crippen LogP contribution is 2.27. The van der Waals surface area contributed by atoms with Gasteiger partial charge in [0.05, 0.1) is 11.7 Å². The van der Waals surface area contributed by atoms with Crippen molar-refractivity contribution in [1.82, 2.24) is 25.6 Å². The van der Waals surface area contributed by atoms with Gasteiger partial charge in [0.2, 0.25) is 0 Å². The van der Waals surface area contributed by atoms with Crippen molar-refractivity contribution in [3.05, 3.63) is 71.4 Å². The van der Waals surface area contributed by atoms with E-state index in [4.69, 9.17) is 4.74 Å². The Bertz CT molecular complexity index is 1090. The number of benzene rings is 1. The maximum Gasteiger partial charge on any atom is 0.251 e. The van der Waals surface area contributed by atoms with Gasteiger partial charge < -0.3 is 20.5 Å². The molecule has 0 radical (unpaired) electrons. The number of aromatic nitrogens is 3. The third-order valence-corrected chi connectivity index (χ3v) is 5.44. The number of β-amino-alcohol motifs (C(OH)–C–C–N with tert-alkyl or cyclic N) is 1. The number of pyridine rings is 1. The van der Waals surface area contributed by atoms with Crippen LogP contribution in [0, 0.1) is 13.8 Å². The summed E-state index contributed by atoms with van der Waals surface area (Å²) in [7, 11) is 0. The summed E-state index contributed by atoms with van der Waals surface area (Å²) >= 11 is 0. The first-order chi connectivity index (χ1) is 15.4. The van der Waals surface area contributed by atoms with Crippen molar-refractivity contribution in [2.75, 3.05) is 13.1 Å². The van der Waals surface area contributed by atoms with Gasteiger partial charge in [0.15, 0.2) is 0 Å². The number of aliphatic hydroxyl groups excluding tert-OH is 1. The van der Waals surface area contributed by atoms with E-state index in [1.165, 1.54) is 0 Å². The highest BCUT2D eigenvalue weighted by molar-refractivity contribution is 5.96. The lowest BCUT2D eigenvalue weighted by molar-refractivity contribution is 0.0736. The second-order valence-corrected chi connectivity index (χ2v) is 8.11. The van der Waals surface area contributed by atoms with Crippen LogP contribution in [-0.2, 0) is 0 Å². The fourth-order valence-electron chi connectivity index (χ4n) is 3.51. The normalized spacial score (nSPS) is 18.9. The number of aryl methyl sites for hydroxylation is 2. The van der Waals surface area contributed by atoms with Gasteiger partial charge in [-0.2, -0.15) is 0 Å². The number of aliphatic hydroxyl groups is 1. The van der Waals surface area contributed by atoms with Crippen LogP contribution in [0.3, 0.4) is 0 Å². The molecule has 32 heavy (non-hydrogen) atoms. The zero-order valence-electron chi connectivity index (χ0n) is 18.4. The van der Waals surface area contributed by atoms with Gasteiger partial charge in [-0.25, -0.2) is 9.97 Å². The molecule has 8 nitrogen and oxygen atoms in total. The molecule has 0 spiro atoms. The highest BCUT2D eigenvalue weighted by Gasteiger charge is 2.27. The molecule has 3 heterocycles. The van der Waals surface area contributed by atoms with Gasteiger partial charge in [-0.1, -0.05) is 6.07 Å². The smallest absolute Gasteiger partial charge is 0.251 e. The van der Waals surface area contributed by atoms with E-state index in [0.29, 0.717) is 30.2 Å². The van der Waals surface area contributed by atoms with Crippen molar-refractivity contribution in [2.45, 2.75) is 39.0 Å². The molecule has 0 bridgehead atoms. The number of nitrogens with one attached hydrogen (secondary N) is 2. The third kappa shape index (κ3) is 5.09. The molecule has 1 fully saturated rings. The molecule has 2 aromatic heterocycles. The molecule has 3 N–H and O–H groups in total. The van der Waals surface area contributed by atoms with Crippen LogP contribution >= 0.6 is 0 Å². The van der Waals surface area contributed by atoms with E-state index < -0.39 is 6.10 Å². The lowest BCUT2D eigenvalue weighted by Crippen LogP contribution is -2.30. The monoisotopic (exact) mass is 433 g/mol. The Kier molecular flexibility index (Phi) is 6.43. The van der Waals surface area contributed by atoms with Crippen molar-refractivity contribution in [3.8, 4) is 17.0 Å². The molecule has 1 aliphatic heterocycles. The number of rotatable bonds is 6. The van der Waals surface area contributed by atoms with Crippen molar-refractivity contribution >= 4 is 5.91 Å². The van der Waals surface area contributed by atoms with Crippen LogP contribution in [0.1, 0.15) is 40.3 Å². The zero-order valence-corrected chi connectivity index (χ0v) is 18.4. The van der Waals surface area contributed by atoms with Gasteiger partial charge in [0.1, 0.15) is 23.8 Å². The first-order valence-corrected chi connectivity index (χ1v) is 10.6. The van der Waals surface area contributed by atoms with Crippen LogP contribution in [0.4, 0.5) is 0 Å². The number of carbonyl (C=O) groups excluding carboxylic acids is 1. The Hall–Kier alpha value is -3.36. The van der Waals surface area contributed by atoms with Crippen LogP contribution < -0.4 is 15.4 Å². The summed E-state index contributed by atoms with van der Waals surface area (Å²) < 4.78 is 6.03. The second-order valence-electron chi connectivity index (χ2n) is 8.11. The van der Waals surface area contributed by atoms with Gasteiger partial charge in [0.25, 0.3) is 5.91 Å². The van der Waals surface area contributed by atoms with Crippen molar-refractivity contribution < 1.29 is 14.6 Å². The molecular formula is C24H27N5O3. The molecule has 1 saturated heterocycles. The Morgan fingerprint density at radius 1 is 1.12 bits per heavy atom. The molecule has 1 aliphatic rings. The molecule has 166 valence electrons. The zero-order chi connectivity index (χ0) is 22.7. The lowest BCUT2D eigenvalue weighted by Gasteiger charge is -2.19. The number of ether oxygens (including phenoxy) is 1. The van der Waals surface area contributed by atoms with Crippen molar-refractivity contribution in [3.63, 3.8) is 0 Å². The topological polar surface area (TPSA) is 109 Å². The van der Waals surface area contributed by atoms with Gasteiger partial charge in [-0.15, -0.1) is 0 Å². The molecular weight excluding hydrogens is 406 g/mol. The Morgan fingerprint density at radius 2 is 1.91 bits per heavy atom. The lowest BCUT2D eigenvalue weighted by atomic mass is 10.0. The Labute approximate surface area is 187 Å². The summed E-state index contributed by atoms with van der Waals surface area (Å²) in [5, 5.41) is 16.2. The van der Waals surface area contributed by atoms with Gasteiger partial charge in [-0.3, -0.25) is 9.78 Å². The third-order valence-electron chi connectivity index (χ3n) is 5.44. The summed E-state index contributed by atoms with van der Waals surface area (Å²) in [4.78, 5) is 26.0. The first kappa shape index (κ1) is 21.9. The van der Waals surface area contributed by atoms with Crippen molar-refractivity contribution in [2.24, 2.45) is 0 Å².